The molecule has 12 heavy (non-hydrogen) atoms. The van der Waals surface area contributed by atoms with E-state index in [2.05, 4.69) is 12.4 Å². The maximum absolute atomic E-state index is 11.2. The highest BCUT2D eigenvalue weighted by atomic mass is 16.2. The van der Waals surface area contributed by atoms with Crippen LogP contribution in [0.15, 0.2) is 24.0 Å². The SMILES string of the molecule is [CH2-][NH+]1C=CC=C(NC(C)=O)C1=O. The molecule has 4 heteroatoms. The van der Waals surface area contributed by atoms with E-state index in [0.29, 0.717) is 4.90 Å². The van der Waals surface area contributed by atoms with Crippen molar-refractivity contribution in [1.29, 1.82) is 0 Å². The molecule has 0 saturated heterocycles. The summed E-state index contributed by atoms with van der Waals surface area (Å²) in [5.41, 5.74) is 0.287. The van der Waals surface area contributed by atoms with Gasteiger partial charge >= 0.3 is 5.91 Å². The van der Waals surface area contributed by atoms with Crippen molar-refractivity contribution in [3.63, 3.8) is 0 Å². The standard InChI is InChI=1S/C8H10N2O2/c1-6(11)9-7-4-3-5-10(2)8(7)12/h3-5,10H,2H2,1H3,(H,9,11). The Hall–Kier alpha value is -1.42. The lowest BCUT2D eigenvalue weighted by atomic mass is 10.3. The van der Waals surface area contributed by atoms with Gasteiger partial charge in [-0.3, -0.25) is 4.79 Å². The van der Waals surface area contributed by atoms with Crippen molar-refractivity contribution in [2.45, 2.75) is 6.92 Å². The third kappa shape index (κ3) is 1.79. The zero-order valence-electron chi connectivity index (χ0n) is 6.76. The van der Waals surface area contributed by atoms with Crippen molar-refractivity contribution in [2.75, 3.05) is 0 Å². The Bertz CT molecular complexity index is 279. The number of nitrogens with one attached hydrogen (secondary N) is 2. The largest absolute Gasteiger partial charge is 0.372 e. The summed E-state index contributed by atoms with van der Waals surface area (Å²) < 4.78 is 0. The topological polar surface area (TPSA) is 50.6 Å². The summed E-state index contributed by atoms with van der Waals surface area (Å²) in [6, 6.07) is 0. The number of carbonyl (C=O) groups excluding carboxylic acids is 2. The number of allylic oxidation sites excluding steroid dienone is 2. The lowest BCUT2D eigenvalue weighted by Crippen LogP contribution is -3.06. The molecule has 0 fully saturated rings. The molecule has 64 valence electrons. The van der Waals surface area contributed by atoms with E-state index in [1.54, 1.807) is 18.4 Å². The van der Waals surface area contributed by atoms with Gasteiger partial charge in [-0.1, -0.05) is 0 Å². The minimum Gasteiger partial charge on any atom is -0.372 e. The van der Waals surface area contributed by atoms with Crippen LogP contribution in [0.3, 0.4) is 0 Å². The first-order valence-electron chi connectivity index (χ1n) is 3.51. The molecule has 2 N–H and O–H groups in total. The molecule has 1 unspecified atom stereocenters. The lowest BCUT2D eigenvalue weighted by Gasteiger charge is -2.17. The van der Waals surface area contributed by atoms with Crippen LogP contribution in [0.5, 0.6) is 0 Å². The van der Waals surface area contributed by atoms with Crippen LogP contribution in [-0.4, -0.2) is 11.8 Å². The average molecular weight is 166 g/mol. The van der Waals surface area contributed by atoms with Gasteiger partial charge in [-0.25, -0.2) is 4.79 Å². The Morgan fingerprint density at radius 1 is 1.67 bits per heavy atom. The fourth-order valence-electron chi connectivity index (χ4n) is 0.873. The first-order valence-corrected chi connectivity index (χ1v) is 3.51. The molecular weight excluding hydrogens is 156 g/mol. The maximum Gasteiger partial charge on any atom is 0.339 e. The Morgan fingerprint density at radius 3 is 2.92 bits per heavy atom. The monoisotopic (exact) mass is 166 g/mol. The molecule has 0 bridgehead atoms. The van der Waals surface area contributed by atoms with Gasteiger partial charge in [0, 0.05) is 6.92 Å². The molecule has 0 radical (unpaired) electrons. The first kappa shape index (κ1) is 8.67. The van der Waals surface area contributed by atoms with Gasteiger partial charge in [-0.2, -0.15) is 0 Å². The molecule has 0 spiro atoms. The Morgan fingerprint density at radius 2 is 2.33 bits per heavy atom. The van der Waals surface area contributed by atoms with Crippen LogP contribution < -0.4 is 10.2 Å². The summed E-state index contributed by atoms with van der Waals surface area (Å²) in [6.07, 6.45) is 4.83. The quantitative estimate of drug-likeness (QED) is 0.477. The second-order valence-electron chi connectivity index (χ2n) is 2.48. The predicted octanol–water partition coefficient (Wildman–Crippen LogP) is -1.26. The third-order valence-corrected chi connectivity index (χ3v) is 1.41. The van der Waals surface area contributed by atoms with Gasteiger partial charge in [-0.05, 0) is 12.2 Å². The van der Waals surface area contributed by atoms with Crippen LogP contribution in [0, 0.1) is 7.05 Å². The van der Waals surface area contributed by atoms with Gasteiger partial charge in [-0.15, -0.1) is 7.05 Å². The molecule has 1 aliphatic rings. The summed E-state index contributed by atoms with van der Waals surface area (Å²) >= 11 is 0. The van der Waals surface area contributed by atoms with Gasteiger partial charge in [0.15, 0.2) is 0 Å². The molecule has 2 amide bonds. The van der Waals surface area contributed by atoms with Gasteiger partial charge < -0.3 is 10.2 Å². The second kappa shape index (κ2) is 3.32. The van der Waals surface area contributed by atoms with Gasteiger partial charge in [0.1, 0.15) is 5.70 Å². The van der Waals surface area contributed by atoms with Crippen LogP contribution >= 0.6 is 0 Å². The third-order valence-electron chi connectivity index (χ3n) is 1.41. The van der Waals surface area contributed by atoms with E-state index < -0.39 is 0 Å². The lowest BCUT2D eigenvalue weighted by molar-refractivity contribution is -0.708. The summed E-state index contributed by atoms with van der Waals surface area (Å²) in [6.45, 7) is 1.36. The fraction of sp³-hybridized carbons (Fsp3) is 0.125. The molecular formula is C8H10N2O2. The van der Waals surface area contributed by atoms with Gasteiger partial charge in [0.25, 0.3) is 0 Å². The normalized spacial score (nSPS) is 22.0. The summed E-state index contributed by atoms with van der Waals surface area (Å²) in [5.74, 6) is -0.481. The Kier molecular flexibility index (Phi) is 2.40. The highest BCUT2D eigenvalue weighted by Crippen LogP contribution is 1.91. The molecule has 0 aliphatic carbocycles. The van der Waals surface area contributed by atoms with Crippen molar-refractivity contribution in [3.8, 4) is 0 Å². The summed E-state index contributed by atoms with van der Waals surface area (Å²) in [4.78, 5) is 22.2. The van der Waals surface area contributed by atoms with Crippen molar-refractivity contribution in [3.05, 3.63) is 31.1 Å². The van der Waals surface area contributed by atoms with Crippen LogP contribution in [0.2, 0.25) is 0 Å². The van der Waals surface area contributed by atoms with Crippen LogP contribution in [0.4, 0.5) is 0 Å². The van der Waals surface area contributed by atoms with Crippen LogP contribution in [0.1, 0.15) is 6.92 Å². The molecule has 0 saturated carbocycles. The average Bonchev–Trinajstić information content (AvgIpc) is 1.98. The van der Waals surface area contributed by atoms with Crippen molar-refractivity contribution in [1.82, 2.24) is 5.32 Å². The minimum atomic E-state index is -0.252. The summed E-state index contributed by atoms with van der Waals surface area (Å²) in [5, 5.41) is 2.42. The minimum absolute atomic E-state index is 0.229. The van der Waals surface area contributed by atoms with Gasteiger partial charge in [0.2, 0.25) is 5.91 Å². The van der Waals surface area contributed by atoms with E-state index in [9.17, 15) is 9.59 Å². The highest BCUT2D eigenvalue weighted by molar-refractivity contribution is 5.92. The second-order valence-corrected chi connectivity index (χ2v) is 2.48. The predicted molar refractivity (Wildman–Crippen MR) is 42.4 cm³/mol. The molecule has 4 nitrogen and oxygen atoms in total. The Balaban J connectivity index is 2.76. The number of amides is 2. The van der Waals surface area contributed by atoms with E-state index in [1.165, 1.54) is 6.92 Å². The molecule has 0 aromatic heterocycles. The molecule has 0 aromatic carbocycles. The molecule has 1 atom stereocenters. The number of rotatable bonds is 1. The van der Waals surface area contributed by atoms with Crippen molar-refractivity contribution < 1.29 is 14.5 Å². The van der Waals surface area contributed by atoms with Gasteiger partial charge in [0.05, 0.1) is 6.20 Å². The zero-order chi connectivity index (χ0) is 9.14. The van der Waals surface area contributed by atoms with Crippen molar-refractivity contribution in [2.24, 2.45) is 0 Å². The van der Waals surface area contributed by atoms with E-state index in [-0.39, 0.29) is 17.5 Å². The maximum atomic E-state index is 11.2. The van der Waals surface area contributed by atoms with E-state index in [4.69, 9.17) is 0 Å². The number of carbonyl (C=O) groups is 2. The van der Waals surface area contributed by atoms with Crippen LogP contribution in [0.25, 0.3) is 0 Å². The smallest absolute Gasteiger partial charge is 0.339 e. The first-order chi connectivity index (χ1) is 5.61. The number of quaternary nitrogens is 1. The number of hydrogen-bond acceptors (Lipinski definition) is 2. The number of hydrogen-bond donors (Lipinski definition) is 2. The zero-order valence-corrected chi connectivity index (χ0v) is 6.76. The molecule has 1 heterocycles. The summed E-state index contributed by atoms with van der Waals surface area (Å²) in [7, 11) is 3.52. The molecule has 0 aromatic rings. The van der Waals surface area contributed by atoms with Crippen molar-refractivity contribution >= 4 is 11.8 Å². The van der Waals surface area contributed by atoms with Crippen LogP contribution in [-0.2, 0) is 9.59 Å². The van der Waals surface area contributed by atoms with E-state index in [0.717, 1.165) is 0 Å². The highest BCUT2D eigenvalue weighted by Gasteiger charge is 2.17. The fourth-order valence-corrected chi connectivity index (χ4v) is 0.873. The Labute approximate surface area is 70.5 Å². The molecule has 1 rings (SSSR count). The van der Waals surface area contributed by atoms with E-state index in [1.807, 2.05) is 0 Å². The van der Waals surface area contributed by atoms with E-state index >= 15 is 0 Å². The molecule has 1 aliphatic heterocycles.